The maximum atomic E-state index is 11.9. The average Bonchev–Trinajstić information content (AvgIpc) is 2.44. The lowest BCUT2D eigenvalue weighted by atomic mass is 9.78. The minimum Gasteiger partial charge on any atom is -0.370 e. The van der Waals surface area contributed by atoms with Crippen LogP contribution in [0.25, 0.3) is 11.6 Å². The third-order valence-corrected chi connectivity index (χ3v) is 3.46. The summed E-state index contributed by atoms with van der Waals surface area (Å²) >= 11 is 0. The van der Waals surface area contributed by atoms with Gasteiger partial charge in [0, 0.05) is 11.8 Å². The molecule has 90 valence electrons. The number of carbonyl (C=O) groups excluding carboxylic acids is 1. The van der Waals surface area contributed by atoms with E-state index in [1.165, 1.54) is 0 Å². The van der Waals surface area contributed by atoms with Crippen molar-refractivity contribution in [2.24, 2.45) is 17.7 Å². The first-order valence-electron chi connectivity index (χ1n) is 5.88. The first-order valence-corrected chi connectivity index (χ1v) is 5.88. The van der Waals surface area contributed by atoms with E-state index in [0.29, 0.717) is 5.57 Å². The van der Waals surface area contributed by atoms with Crippen LogP contribution in [0.4, 0.5) is 0 Å². The summed E-state index contributed by atoms with van der Waals surface area (Å²) < 4.78 is 0. The van der Waals surface area contributed by atoms with Gasteiger partial charge in [-0.1, -0.05) is 54.6 Å². The number of allylic oxidation sites excluding steroid dienone is 4. The Hall–Kier alpha value is -2.13. The Morgan fingerprint density at radius 3 is 2.78 bits per heavy atom. The molecule has 3 heteroatoms. The fraction of sp³-hybridized carbons (Fsp3) is 0.133. The SMILES string of the molecule is NOC(=O)C1=c2ccccc2=CC2C=CC=CC12. The van der Waals surface area contributed by atoms with E-state index in [0.717, 1.165) is 10.4 Å². The highest BCUT2D eigenvalue weighted by Gasteiger charge is 2.29. The zero-order valence-corrected chi connectivity index (χ0v) is 9.74. The summed E-state index contributed by atoms with van der Waals surface area (Å²) in [6.45, 7) is 0. The van der Waals surface area contributed by atoms with Crippen LogP contribution in [0.1, 0.15) is 0 Å². The lowest BCUT2D eigenvalue weighted by Gasteiger charge is -2.26. The van der Waals surface area contributed by atoms with E-state index in [1.54, 1.807) is 0 Å². The molecule has 0 aliphatic heterocycles. The number of hydrogen-bond acceptors (Lipinski definition) is 3. The Morgan fingerprint density at radius 1 is 1.17 bits per heavy atom. The smallest absolute Gasteiger partial charge is 0.353 e. The van der Waals surface area contributed by atoms with Gasteiger partial charge in [0.05, 0.1) is 5.57 Å². The fourth-order valence-electron chi connectivity index (χ4n) is 2.66. The number of carbonyl (C=O) groups is 1. The second-order valence-electron chi connectivity index (χ2n) is 4.45. The predicted octanol–water partition coefficient (Wildman–Crippen LogP) is 0.407. The van der Waals surface area contributed by atoms with Gasteiger partial charge in [0.15, 0.2) is 0 Å². The van der Waals surface area contributed by atoms with Crippen LogP contribution in [0, 0.1) is 11.8 Å². The maximum absolute atomic E-state index is 11.9. The Morgan fingerprint density at radius 2 is 1.94 bits per heavy atom. The summed E-state index contributed by atoms with van der Waals surface area (Å²) in [5.41, 5.74) is 0.640. The predicted molar refractivity (Wildman–Crippen MR) is 69.1 cm³/mol. The van der Waals surface area contributed by atoms with Crippen molar-refractivity contribution in [2.45, 2.75) is 0 Å². The lowest BCUT2D eigenvalue weighted by molar-refractivity contribution is -0.137. The Balaban J connectivity index is 2.33. The molecule has 0 heterocycles. The topological polar surface area (TPSA) is 52.3 Å². The van der Waals surface area contributed by atoms with Crippen LogP contribution in [0.15, 0.2) is 48.6 Å². The average molecular weight is 239 g/mol. The van der Waals surface area contributed by atoms with Gasteiger partial charge in [0.2, 0.25) is 0 Å². The van der Waals surface area contributed by atoms with E-state index in [4.69, 9.17) is 5.90 Å². The van der Waals surface area contributed by atoms with Crippen molar-refractivity contribution >= 4 is 17.6 Å². The molecule has 2 aliphatic carbocycles. The molecule has 0 bridgehead atoms. The van der Waals surface area contributed by atoms with Gasteiger partial charge in [-0.3, -0.25) is 0 Å². The van der Waals surface area contributed by atoms with E-state index >= 15 is 0 Å². The highest BCUT2D eigenvalue weighted by molar-refractivity contribution is 6.11. The Bertz CT molecular complexity index is 670. The van der Waals surface area contributed by atoms with Crippen molar-refractivity contribution in [3.8, 4) is 0 Å². The third-order valence-electron chi connectivity index (χ3n) is 3.46. The lowest BCUT2D eigenvalue weighted by Crippen LogP contribution is -2.39. The monoisotopic (exact) mass is 239 g/mol. The molecule has 0 saturated carbocycles. The van der Waals surface area contributed by atoms with Crippen LogP contribution in [0.5, 0.6) is 0 Å². The van der Waals surface area contributed by atoms with Gasteiger partial charge in [-0.15, -0.1) is 0 Å². The zero-order chi connectivity index (χ0) is 12.5. The molecule has 0 radical (unpaired) electrons. The maximum Gasteiger partial charge on any atom is 0.353 e. The first-order chi connectivity index (χ1) is 8.81. The molecule has 2 aliphatic rings. The van der Waals surface area contributed by atoms with Crippen molar-refractivity contribution in [1.82, 2.24) is 0 Å². The normalized spacial score (nSPS) is 23.9. The molecular formula is C15H13NO2. The van der Waals surface area contributed by atoms with Crippen molar-refractivity contribution in [1.29, 1.82) is 0 Å². The van der Waals surface area contributed by atoms with Crippen molar-refractivity contribution < 1.29 is 9.63 Å². The number of hydrogen-bond donors (Lipinski definition) is 1. The van der Waals surface area contributed by atoms with Crippen LogP contribution in [-0.2, 0) is 9.63 Å². The molecule has 18 heavy (non-hydrogen) atoms. The molecule has 1 aromatic rings. The van der Waals surface area contributed by atoms with Gasteiger partial charge in [0.25, 0.3) is 0 Å². The van der Waals surface area contributed by atoms with Gasteiger partial charge in [-0.25, -0.2) is 4.79 Å². The Kier molecular flexibility index (Phi) is 2.61. The summed E-state index contributed by atoms with van der Waals surface area (Å²) in [6, 6.07) is 7.81. The summed E-state index contributed by atoms with van der Waals surface area (Å²) in [5, 5.41) is 1.97. The fourth-order valence-corrected chi connectivity index (χ4v) is 2.66. The molecule has 1 aromatic carbocycles. The number of nitrogens with two attached hydrogens (primary N) is 1. The largest absolute Gasteiger partial charge is 0.370 e. The summed E-state index contributed by atoms with van der Waals surface area (Å²) in [6.07, 6.45) is 10.2. The van der Waals surface area contributed by atoms with Gasteiger partial charge < -0.3 is 4.84 Å². The van der Waals surface area contributed by atoms with Crippen molar-refractivity contribution in [3.63, 3.8) is 0 Å². The summed E-state index contributed by atoms with van der Waals surface area (Å²) in [4.78, 5) is 16.4. The van der Waals surface area contributed by atoms with Gasteiger partial charge >= 0.3 is 5.97 Å². The van der Waals surface area contributed by atoms with E-state index in [1.807, 2.05) is 42.5 Å². The summed E-state index contributed by atoms with van der Waals surface area (Å²) in [7, 11) is 0. The van der Waals surface area contributed by atoms with Gasteiger partial charge in [-0.05, 0) is 10.4 Å². The molecule has 0 amide bonds. The second-order valence-corrected chi connectivity index (χ2v) is 4.45. The second kappa shape index (κ2) is 4.27. The van der Waals surface area contributed by atoms with Gasteiger partial charge in [0.1, 0.15) is 0 Å². The third kappa shape index (κ3) is 1.60. The molecule has 0 spiro atoms. The minimum absolute atomic E-state index is 0.0148. The minimum atomic E-state index is -0.453. The zero-order valence-electron chi connectivity index (χ0n) is 9.74. The van der Waals surface area contributed by atoms with Crippen LogP contribution >= 0.6 is 0 Å². The number of benzene rings is 1. The standard InChI is InChI=1S/C15H13NO2/c16-18-15(17)14-12-7-3-1-5-10(12)9-11-6-2-4-8-13(11)14/h1-10,12H,16H2. The molecule has 3 rings (SSSR count). The van der Waals surface area contributed by atoms with E-state index in [2.05, 4.69) is 17.0 Å². The molecule has 0 fully saturated rings. The van der Waals surface area contributed by atoms with Crippen LogP contribution < -0.4 is 16.3 Å². The van der Waals surface area contributed by atoms with Crippen molar-refractivity contribution in [2.75, 3.05) is 0 Å². The highest BCUT2D eigenvalue weighted by Crippen LogP contribution is 2.30. The van der Waals surface area contributed by atoms with Crippen molar-refractivity contribution in [3.05, 3.63) is 59.0 Å². The first kappa shape index (κ1) is 11.0. The molecule has 2 N–H and O–H groups in total. The summed E-state index contributed by atoms with van der Waals surface area (Å²) in [5.74, 6) is 4.81. The molecule has 0 saturated heterocycles. The van der Waals surface area contributed by atoms with Crippen LogP contribution in [0.3, 0.4) is 0 Å². The van der Waals surface area contributed by atoms with E-state index < -0.39 is 5.97 Å². The molecule has 2 atom stereocenters. The Labute approximate surface area is 105 Å². The molecule has 0 aromatic heterocycles. The van der Waals surface area contributed by atoms with Crippen LogP contribution in [-0.4, -0.2) is 5.97 Å². The quantitative estimate of drug-likeness (QED) is 0.722. The number of fused-ring (bicyclic) bond motifs is 2. The highest BCUT2D eigenvalue weighted by atomic mass is 16.7. The molecular weight excluding hydrogens is 226 g/mol. The molecule has 3 nitrogen and oxygen atoms in total. The molecule has 2 unspecified atom stereocenters. The van der Waals surface area contributed by atoms with E-state index in [-0.39, 0.29) is 11.8 Å². The van der Waals surface area contributed by atoms with Gasteiger partial charge in [-0.2, -0.15) is 5.90 Å². The van der Waals surface area contributed by atoms with E-state index in [9.17, 15) is 4.79 Å². The van der Waals surface area contributed by atoms with Crippen LogP contribution in [0.2, 0.25) is 0 Å². The number of rotatable bonds is 1.